The fourth-order valence-electron chi connectivity index (χ4n) is 9.13. The lowest BCUT2D eigenvalue weighted by Crippen LogP contribution is -2.69. The molecule has 3 aliphatic rings. The Kier molecular flexibility index (Phi) is 17.4. The molecule has 13 nitrogen and oxygen atoms in total. The van der Waals surface area contributed by atoms with E-state index in [1.807, 2.05) is 152 Å². The highest BCUT2D eigenvalue weighted by molar-refractivity contribution is 6.21. The average molecular weight is 962 g/mol. The number of ether oxygens (including phenoxy) is 9. The molecule has 3 heterocycles. The monoisotopic (exact) mass is 961 g/mol. The van der Waals surface area contributed by atoms with Gasteiger partial charge in [0.25, 0.3) is 11.8 Å². The maximum atomic E-state index is 14.5. The molecule has 1 N–H and O–H groups in total. The van der Waals surface area contributed by atoms with E-state index in [1.165, 1.54) is 6.08 Å². The Balaban J connectivity index is 1.11. The zero-order valence-corrected chi connectivity index (χ0v) is 39.3. The van der Waals surface area contributed by atoms with Crippen LogP contribution in [0.1, 0.15) is 48.5 Å². The Morgan fingerprint density at radius 2 is 0.859 bits per heavy atom. The molecule has 0 aliphatic carbocycles. The van der Waals surface area contributed by atoms with E-state index in [1.54, 1.807) is 24.3 Å². The van der Waals surface area contributed by atoms with Gasteiger partial charge in [0, 0.05) is 0 Å². The molecule has 0 bridgehead atoms. The van der Waals surface area contributed by atoms with Crippen LogP contribution in [0.15, 0.2) is 189 Å². The lowest BCUT2D eigenvalue weighted by atomic mass is 9.94. The minimum Gasteiger partial charge on any atom is -0.388 e. The van der Waals surface area contributed by atoms with E-state index in [4.69, 9.17) is 42.6 Å². The molecular weight excluding hydrogens is 903 g/mol. The van der Waals surface area contributed by atoms with Gasteiger partial charge in [0.2, 0.25) is 0 Å². The smallest absolute Gasteiger partial charge is 0.262 e. The molecular formula is C58H59NO12. The second-order valence-electron chi connectivity index (χ2n) is 17.6. The minimum absolute atomic E-state index is 0.0237. The first-order valence-electron chi connectivity index (χ1n) is 24.0. The summed E-state index contributed by atoms with van der Waals surface area (Å²) in [6, 6.07) is 53.9. The summed E-state index contributed by atoms with van der Waals surface area (Å²) in [5, 5.41) is 12.7. The summed E-state index contributed by atoms with van der Waals surface area (Å²) in [6.07, 6.45) is -8.74. The van der Waals surface area contributed by atoms with Crippen molar-refractivity contribution in [2.24, 2.45) is 0 Å². The fraction of sp³-hybridized carbons (Fsp3) is 0.310. The summed E-state index contributed by atoms with van der Waals surface area (Å²) in [5.41, 5.74) is 4.97. The third kappa shape index (κ3) is 12.5. The van der Waals surface area contributed by atoms with Crippen molar-refractivity contribution in [3.8, 4) is 0 Å². The van der Waals surface area contributed by atoms with Crippen molar-refractivity contribution in [1.82, 2.24) is 4.90 Å². The third-order valence-corrected chi connectivity index (χ3v) is 12.7. The molecule has 2 fully saturated rings. The van der Waals surface area contributed by atoms with Crippen LogP contribution in [0.5, 0.6) is 0 Å². The molecule has 3 aliphatic heterocycles. The second kappa shape index (κ2) is 24.8. The first kappa shape index (κ1) is 49.8. The first-order valence-corrected chi connectivity index (χ1v) is 24.0. The van der Waals surface area contributed by atoms with Crippen LogP contribution in [-0.2, 0) is 75.7 Å². The van der Waals surface area contributed by atoms with Crippen LogP contribution < -0.4 is 0 Å². The number of carbonyl (C=O) groups excluding carboxylic acids is 2. The van der Waals surface area contributed by atoms with Crippen LogP contribution in [0.4, 0.5) is 0 Å². The van der Waals surface area contributed by atoms with Gasteiger partial charge in [-0.25, -0.2) is 0 Å². The number of amides is 2. The van der Waals surface area contributed by atoms with Crippen LogP contribution >= 0.6 is 0 Å². The highest BCUT2D eigenvalue weighted by Gasteiger charge is 2.57. The van der Waals surface area contributed by atoms with E-state index in [2.05, 4.69) is 6.58 Å². The maximum Gasteiger partial charge on any atom is 0.262 e. The van der Waals surface area contributed by atoms with Gasteiger partial charge in [0.05, 0.1) is 64.0 Å². The zero-order valence-electron chi connectivity index (χ0n) is 39.3. The SMILES string of the molecule is C=CCO[C@H]1O[C@H](COCc2ccccc2)[C@@H](O)[C@@H](O[C@@H]2O[C@H](COCc3ccccc3)[C@@H](OCc3ccccc3)[C@H](OCc3ccccc3)[C@H]2OCc2ccccc2)[C@H]1N1C(=O)c2ccccc2C1=O. The summed E-state index contributed by atoms with van der Waals surface area (Å²) in [6.45, 7) is 4.73. The van der Waals surface area contributed by atoms with E-state index in [0.29, 0.717) is 0 Å². The molecule has 71 heavy (non-hydrogen) atoms. The normalized spacial score (nSPS) is 25.2. The van der Waals surface area contributed by atoms with Crippen LogP contribution in [0.3, 0.4) is 0 Å². The van der Waals surface area contributed by atoms with E-state index >= 15 is 0 Å². The van der Waals surface area contributed by atoms with Crippen LogP contribution in [0.2, 0.25) is 0 Å². The maximum absolute atomic E-state index is 14.5. The number of hydrogen-bond donors (Lipinski definition) is 1. The molecule has 9 rings (SSSR count). The number of hydrogen-bond acceptors (Lipinski definition) is 12. The van der Waals surface area contributed by atoms with Gasteiger partial charge >= 0.3 is 0 Å². The van der Waals surface area contributed by atoms with Gasteiger partial charge in [0.15, 0.2) is 12.6 Å². The summed E-state index contributed by atoms with van der Waals surface area (Å²) < 4.78 is 60.5. The quantitative estimate of drug-likeness (QED) is 0.0489. The second-order valence-corrected chi connectivity index (χ2v) is 17.6. The number of imide groups is 1. The minimum atomic E-state index is -1.52. The molecule has 13 heteroatoms. The van der Waals surface area contributed by atoms with Crippen LogP contribution in [-0.4, -0.2) is 103 Å². The molecule has 6 aromatic rings. The topological polar surface area (TPSA) is 141 Å². The van der Waals surface area contributed by atoms with E-state index in [0.717, 1.165) is 32.7 Å². The van der Waals surface area contributed by atoms with Crippen molar-refractivity contribution >= 4 is 11.8 Å². The number of benzene rings is 6. The summed E-state index contributed by atoms with van der Waals surface area (Å²) >= 11 is 0. The van der Waals surface area contributed by atoms with Gasteiger partial charge in [-0.2, -0.15) is 0 Å². The molecule has 0 unspecified atom stereocenters. The third-order valence-electron chi connectivity index (χ3n) is 12.7. The Bertz CT molecular complexity index is 2560. The van der Waals surface area contributed by atoms with Gasteiger partial charge in [-0.05, 0) is 39.9 Å². The van der Waals surface area contributed by atoms with E-state index in [9.17, 15) is 14.7 Å². The lowest BCUT2D eigenvalue weighted by Gasteiger charge is -2.50. The molecule has 0 spiro atoms. The Morgan fingerprint density at radius 1 is 0.465 bits per heavy atom. The van der Waals surface area contributed by atoms with Gasteiger partial charge in [0.1, 0.15) is 48.8 Å². The van der Waals surface area contributed by atoms with E-state index < -0.39 is 73.2 Å². The summed E-state index contributed by atoms with van der Waals surface area (Å²) in [4.78, 5) is 30.1. The average Bonchev–Trinajstić information content (AvgIpc) is 3.66. The van der Waals surface area contributed by atoms with Gasteiger partial charge in [-0.15, -0.1) is 6.58 Å². The van der Waals surface area contributed by atoms with Gasteiger partial charge < -0.3 is 47.7 Å². The summed E-state index contributed by atoms with van der Waals surface area (Å²) in [5.74, 6) is -1.20. The molecule has 0 saturated carbocycles. The lowest BCUT2D eigenvalue weighted by molar-refractivity contribution is -0.362. The highest BCUT2D eigenvalue weighted by atomic mass is 16.7. The number of nitrogens with zero attached hydrogens (tertiary/aromatic N) is 1. The molecule has 368 valence electrons. The predicted octanol–water partition coefficient (Wildman–Crippen LogP) is 8.24. The predicted molar refractivity (Wildman–Crippen MR) is 262 cm³/mol. The summed E-state index contributed by atoms with van der Waals surface area (Å²) in [7, 11) is 0. The largest absolute Gasteiger partial charge is 0.388 e. The number of carbonyl (C=O) groups is 2. The van der Waals surface area contributed by atoms with Gasteiger partial charge in [-0.1, -0.05) is 170 Å². The number of aliphatic hydroxyl groups is 1. The molecule has 2 amide bonds. The zero-order chi connectivity index (χ0) is 48.8. The van der Waals surface area contributed by atoms with Crippen molar-refractivity contribution in [3.05, 3.63) is 228 Å². The van der Waals surface area contributed by atoms with Crippen molar-refractivity contribution in [1.29, 1.82) is 0 Å². The molecule has 0 radical (unpaired) electrons. The van der Waals surface area contributed by atoms with Gasteiger partial charge in [-0.3, -0.25) is 14.5 Å². The van der Waals surface area contributed by atoms with Crippen molar-refractivity contribution in [3.63, 3.8) is 0 Å². The Morgan fingerprint density at radius 3 is 1.32 bits per heavy atom. The molecule has 6 aromatic carbocycles. The van der Waals surface area contributed by atoms with Crippen LogP contribution in [0, 0.1) is 0 Å². The van der Waals surface area contributed by atoms with Crippen molar-refractivity contribution < 1.29 is 57.3 Å². The highest BCUT2D eigenvalue weighted by Crippen LogP contribution is 2.38. The van der Waals surface area contributed by atoms with Crippen molar-refractivity contribution in [2.45, 2.75) is 94.4 Å². The standard InChI is InChI=1S/C58H59NO12/c1-2-32-65-57-49(59-55(61)45-30-18-19-31-46(45)56(59)62)52(50(60)47(69-57)38-63-33-40-20-8-3-9-21-40)71-58-54(68-37-44-28-16-7-17-29-44)53(67-36-43-26-14-6-15-27-43)51(66-35-42-24-12-5-13-25-42)48(70-58)39-64-34-41-22-10-4-11-23-41/h2-31,47-54,57-58,60H,1,32-39H2/t47-,48-,49-,50-,51-,52+,53+,54-,57+,58+/m1/s1. The fourth-order valence-corrected chi connectivity index (χ4v) is 9.13. The Labute approximate surface area is 414 Å². The molecule has 0 aromatic heterocycles. The molecule has 10 atom stereocenters. The Hall–Kier alpha value is -6.20. The van der Waals surface area contributed by atoms with Crippen LogP contribution in [0.25, 0.3) is 0 Å². The van der Waals surface area contributed by atoms with Crippen molar-refractivity contribution in [2.75, 3.05) is 19.8 Å². The number of rotatable bonds is 23. The number of aliphatic hydroxyl groups excluding tert-OH is 1. The van der Waals surface area contributed by atoms with E-state index in [-0.39, 0.29) is 64.0 Å². The molecule has 2 saturated heterocycles. The first-order chi connectivity index (χ1) is 34.9. The number of fused-ring (bicyclic) bond motifs is 1.